The van der Waals surface area contributed by atoms with Crippen LogP contribution < -0.4 is 0 Å². The summed E-state index contributed by atoms with van der Waals surface area (Å²) in [6.45, 7) is 3.18. The Morgan fingerprint density at radius 1 is 0.958 bits per heavy atom. The first-order valence-corrected chi connectivity index (χ1v) is 8.98. The second-order valence-electron chi connectivity index (χ2n) is 6.71. The number of piperidine rings is 2. The Morgan fingerprint density at radius 3 is 2.42 bits per heavy atom. The number of amides is 2. The topological polar surface area (TPSA) is 49.9 Å². The Morgan fingerprint density at radius 2 is 1.67 bits per heavy atom. The van der Waals surface area contributed by atoms with Gasteiger partial charge in [-0.2, -0.15) is 0 Å². The van der Waals surface area contributed by atoms with E-state index in [0.29, 0.717) is 13.1 Å². The standard InChI is InChI=1S/C19H26N2O3/c22-18(20-11-5-2-6-12-20)17-10-7-13-21(14-17)19(23)24-15-16-8-3-1-4-9-16/h1,3-4,8-9,17H,2,5-7,10-15H2. The molecule has 1 unspecified atom stereocenters. The molecule has 2 heterocycles. The summed E-state index contributed by atoms with van der Waals surface area (Å²) in [5, 5.41) is 0. The van der Waals surface area contributed by atoms with E-state index < -0.39 is 0 Å². The third-order valence-electron chi connectivity index (χ3n) is 4.90. The van der Waals surface area contributed by atoms with Crippen LogP contribution in [0, 0.1) is 5.92 Å². The molecular weight excluding hydrogens is 304 g/mol. The van der Waals surface area contributed by atoms with Crippen molar-refractivity contribution in [3.05, 3.63) is 35.9 Å². The predicted molar refractivity (Wildman–Crippen MR) is 91.4 cm³/mol. The molecule has 2 aliphatic rings. The summed E-state index contributed by atoms with van der Waals surface area (Å²) in [5.74, 6) is 0.149. The van der Waals surface area contributed by atoms with Crippen molar-refractivity contribution in [1.29, 1.82) is 0 Å². The fourth-order valence-electron chi connectivity index (χ4n) is 3.53. The van der Waals surface area contributed by atoms with Crippen LogP contribution in [0.25, 0.3) is 0 Å². The molecule has 0 radical (unpaired) electrons. The van der Waals surface area contributed by atoms with Crippen LogP contribution in [0.4, 0.5) is 4.79 Å². The molecular formula is C19H26N2O3. The lowest BCUT2D eigenvalue weighted by atomic mass is 9.96. The van der Waals surface area contributed by atoms with Gasteiger partial charge in [-0.1, -0.05) is 30.3 Å². The van der Waals surface area contributed by atoms with Crippen molar-refractivity contribution >= 4 is 12.0 Å². The maximum atomic E-state index is 12.6. The molecule has 0 N–H and O–H groups in total. The molecule has 2 aliphatic heterocycles. The number of ether oxygens (including phenoxy) is 1. The van der Waals surface area contributed by atoms with Crippen LogP contribution in [-0.4, -0.2) is 48.0 Å². The van der Waals surface area contributed by atoms with Crippen molar-refractivity contribution < 1.29 is 14.3 Å². The molecule has 0 spiro atoms. The zero-order chi connectivity index (χ0) is 16.8. The molecule has 2 fully saturated rings. The summed E-state index contributed by atoms with van der Waals surface area (Å²) < 4.78 is 5.40. The first-order chi connectivity index (χ1) is 11.7. The van der Waals surface area contributed by atoms with Gasteiger partial charge in [0.25, 0.3) is 0 Å². The number of carbonyl (C=O) groups excluding carboxylic acids is 2. The van der Waals surface area contributed by atoms with E-state index >= 15 is 0 Å². The van der Waals surface area contributed by atoms with Gasteiger partial charge >= 0.3 is 6.09 Å². The van der Waals surface area contributed by atoms with Crippen molar-refractivity contribution in [1.82, 2.24) is 9.80 Å². The van der Waals surface area contributed by atoms with Crippen LogP contribution in [-0.2, 0) is 16.1 Å². The summed E-state index contributed by atoms with van der Waals surface area (Å²) >= 11 is 0. The minimum absolute atomic E-state index is 0.0684. The van der Waals surface area contributed by atoms with E-state index in [2.05, 4.69) is 0 Å². The average molecular weight is 330 g/mol. The summed E-state index contributed by atoms with van der Waals surface area (Å²) in [6, 6.07) is 9.67. The van der Waals surface area contributed by atoms with Crippen LogP contribution in [0.5, 0.6) is 0 Å². The van der Waals surface area contributed by atoms with E-state index in [4.69, 9.17) is 4.74 Å². The van der Waals surface area contributed by atoms with Gasteiger partial charge in [-0.15, -0.1) is 0 Å². The first kappa shape index (κ1) is 16.8. The quantitative estimate of drug-likeness (QED) is 0.856. The largest absolute Gasteiger partial charge is 0.445 e. The maximum Gasteiger partial charge on any atom is 0.410 e. The molecule has 2 amide bonds. The smallest absolute Gasteiger partial charge is 0.410 e. The Bertz CT molecular complexity index is 555. The zero-order valence-corrected chi connectivity index (χ0v) is 14.2. The molecule has 5 nitrogen and oxygen atoms in total. The fourth-order valence-corrected chi connectivity index (χ4v) is 3.53. The molecule has 2 saturated heterocycles. The third kappa shape index (κ3) is 4.28. The molecule has 5 heteroatoms. The van der Waals surface area contributed by atoms with Crippen LogP contribution in [0.1, 0.15) is 37.7 Å². The van der Waals surface area contributed by atoms with Crippen LogP contribution in [0.3, 0.4) is 0 Å². The van der Waals surface area contributed by atoms with Crippen molar-refractivity contribution in [2.24, 2.45) is 5.92 Å². The van der Waals surface area contributed by atoms with Gasteiger partial charge in [-0.05, 0) is 37.7 Å². The summed E-state index contributed by atoms with van der Waals surface area (Å²) in [7, 11) is 0. The number of rotatable bonds is 3. The van der Waals surface area contributed by atoms with Crippen LogP contribution in [0.15, 0.2) is 30.3 Å². The van der Waals surface area contributed by atoms with Crippen LogP contribution >= 0.6 is 0 Å². The van der Waals surface area contributed by atoms with E-state index in [1.165, 1.54) is 6.42 Å². The molecule has 0 bridgehead atoms. The molecule has 1 aromatic rings. The molecule has 24 heavy (non-hydrogen) atoms. The lowest BCUT2D eigenvalue weighted by molar-refractivity contribution is -0.138. The van der Waals surface area contributed by atoms with Gasteiger partial charge in [0.05, 0.1) is 5.92 Å². The van der Waals surface area contributed by atoms with Crippen LogP contribution in [0.2, 0.25) is 0 Å². The Balaban J connectivity index is 1.50. The predicted octanol–water partition coefficient (Wildman–Crippen LogP) is 3.05. The molecule has 1 aromatic carbocycles. The molecule has 3 rings (SSSR count). The lowest BCUT2D eigenvalue weighted by Gasteiger charge is -2.35. The molecule has 130 valence electrons. The molecule has 0 aromatic heterocycles. The highest BCUT2D eigenvalue weighted by molar-refractivity contribution is 5.80. The fraction of sp³-hybridized carbons (Fsp3) is 0.579. The number of nitrogens with zero attached hydrogens (tertiary/aromatic N) is 2. The monoisotopic (exact) mass is 330 g/mol. The average Bonchev–Trinajstić information content (AvgIpc) is 2.67. The van der Waals surface area contributed by atoms with E-state index in [1.54, 1.807) is 4.90 Å². The van der Waals surface area contributed by atoms with Gasteiger partial charge in [-0.25, -0.2) is 4.79 Å². The van der Waals surface area contributed by atoms with Crippen molar-refractivity contribution in [3.8, 4) is 0 Å². The normalized spacial score (nSPS) is 21.4. The van der Waals surface area contributed by atoms with E-state index in [1.807, 2.05) is 35.2 Å². The summed E-state index contributed by atoms with van der Waals surface area (Å²) in [4.78, 5) is 28.6. The summed E-state index contributed by atoms with van der Waals surface area (Å²) in [6.07, 6.45) is 4.84. The Kier molecular flexibility index (Phi) is 5.72. The number of likely N-dealkylation sites (tertiary alicyclic amines) is 2. The summed E-state index contributed by atoms with van der Waals surface area (Å²) in [5.41, 5.74) is 0.976. The second kappa shape index (κ2) is 8.18. The Hall–Kier alpha value is -2.04. The van der Waals surface area contributed by atoms with Gasteiger partial charge in [0.2, 0.25) is 5.91 Å². The van der Waals surface area contributed by atoms with E-state index in [9.17, 15) is 9.59 Å². The van der Waals surface area contributed by atoms with E-state index in [-0.39, 0.29) is 24.5 Å². The highest BCUT2D eigenvalue weighted by Gasteiger charge is 2.32. The first-order valence-electron chi connectivity index (χ1n) is 8.98. The van der Waals surface area contributed by atoms with Crippen molar-refractivity contribution in [2.45, 2.75) is 38.7 Å². The number of carbonyl (C=O) groups is 2. The highest BCUT2D eigenvalue weighted by Crippen LogP contribution is 2.22. The second-order valence-corrected chi connectivity index (χ2v) is 6.71. The molecule has 0 saturated carbocycles. The third-order valence-corrected chi connectivity index (χ3v) is 4.90. The number of hydrogen-bond donors (Lipinski definition) is 0. The molecule has 0 aliphatic carbocycles. The maximum absolute atomic E-state index is 12.6. The van der Waals surface area contributed by atoms with Crippen molar-refractivity contribution in [3.63, 3.8) is 0 Å². The highest BCUT2D eigenvalue weighted by atomic mass is 16.6. The zero-order valence-electron chi connectivity index (χ0n) is 14.2. The van der Waals surface area contributed by atoms with E-state index in [0.717, 1.165) is 44.3 Å². The minimum atomic E-state index is -0.310. The minimum Gasteiger partial charge on any atom is -0.445 e. The lowest BCUT2D eigenvalue weighted by Crippen LogP contribution is -2.48. The number of hydrogen-bond acceptors (Lipinski definition) is 3. The van der Waals surface area contributed by atoms with Crippen molar-refractivity contribution in [2.75, 3.05) is 26.2 Å². The van der Waals surface area contributed by atoms with Gasteiger partial charge in [0, 0.05) is 26.2 Å². The van der Waals surface area contributed by atoms with Gasteiger partial charge < -0.3 is 14.5 Å². The number of benzene rings is 1. The van der Waals surface area contributed by atoms with Gasteiger partial charge in [0.15, 0.2) is 0 Å². The van der Waals surface area contributed by atoms with Gasteiger partial charge in [0.1, 0.15) is 6.61 Å². The SMILES string of the molecule is O=C(OCc1ccccc1)N1CCCC(C(=O)N2CCCCC2)C1. The Labute approximate surface area is 143 Å². The van der Waals surface area contributed by atoms with Gasteiger partial charge in [-0.3, -0.25) is 4.79 Å². The molecule has 1 atom stereocenters.